The first-order valence-electron chi connectivity index (χ1n) is 5.93. The van der Waals surface area contributed by atoms with E-state index in [2.05, 4.69) is 10.2 Å². The van der Waals surface area contributed by atoms with E-state index >= 15 is 0 Å². The van der Waals surface area contributed by atoms with Gasteiger partial charge in [0.2, 0.25) is 0 Å². The van der Waals surface area contributed by atoms with Gasteiger partial charge in [-0.15, -0.1) is 0 Å². The van der Waals surface area contributed by atoms with Crippen LogP contribution < -0.4 is 0 Å². The second-order valence-electron chi connectivity index (χ2n) is 4.08. The van der Waals surface area contributed by atoms with E-state index in [9.17, 15) is 9.59 Å². The molecular weight excluding hydrogens is 248 g/mol. The number of amides is 1. The van der Waals surface area contributed by atoms with Gasteiger partial charge in [-0.1, -0.05) is 6.92 Å². The smallest absolute Gasteiger partial charge is 0.323 e. The molecule has 0 fully saturated rings. The van der Waals surface area contributed by atoms with E-state index in [1.165, 1.54) is 15.7 Å². The predicted octanol–water partition coefficient (Wildman–Crippen LogP) is 0.666. The minimum Gasteiger partial charge on any atom is -0.480 e. The Kier molecular flexibility index (Phi) is 3.74. The molecule has 2 rings (SSSR count). The van der Waals surface area contributed by atoms with Crippen LogP contribution in [0.15, 0.2) is 24.5 Å². The summed E-state index contributed by atoms with van der Waals surface area (Å²) < 4.78 is 1.35. The maximum atomic E-state index is 12.3. The van der Waals surface area contributed by atoms with Gasteiger partial charge in [0.1, 0.15) is 12.1 Å². The zero-order valence-corrected chi connectivity index (χ0v) is 10.5. The molecule has 0 unspecified atom stereocenters. The molecule has 2 aromatic rings. The first kappa shape index (κ1) is 13.0. The Bertz CT molecular complexity index is 608. The maximum Gasteiger partial charge on any atom is 0.323 e. The zero-order chi connectivity index (χ0) is 13.8. The molecule has 2 heterocycles. The SMILES string of the molecule is CCCN(CC(=O)O)C(=O)c1cnn2ncccc12. The Morgan fingerprint density at radius 3 is 2.89 bits per heavy atom. The molecule has 1 N–H and O–H groups in total. The van der Waals surface area contributed by atoms with Gasteiger partial charge < -0.3 is 10.0 Å². The summed E-state index contributed by atoms with van der Waals surface area (Å²) in [6.45, 7) is 1.97. The molecule has 0 aromatic carbocycles. The molecule has 0 saturated carbocycles. The first-order chi connectivity index (χ1) is 9.13. The van der Waals surface area contributed by atoms with Gasteiger partial charge >= 0.3 is 5.97 Å². The van der Waals surface area contributed by atoms with E-state index in [0.29, 0.717) is 24.0 Å². The summed E-state index contributed by atoms with van der Waals surface area (Å²) in [7, 11) is 0. The number of aliphatic carboxylic acids is 1. The number of hydrogen-bond acceptors (Lipinski definition) is 4. The highest BCUT2D eigenvalue weighted by Crippen LogP contribution is 2.12. The van der Waals surface area contributed by atoms with Crippen molar-refractivity contribution >= 4 is 17.4 Å². The molecule has 0 aliphatic heterocycles. The summed E-state index contributed by atoms with van der Waals surface area (Å²) in [6, 6.07) is 3.42. The fourth-order valence-electron chi connectivity index (χ4n) is 1.85. The van der Waals surface area contributed by atoms with E-state index < -0.39 is 5.97 Å². The Labute approximate surface area is 109 Å². The van der Waals surface area contributed by atoms with Crippen molar-refractivity contribution in [2.24, 2.45) is 0 Å². The van der Waals surface area contributed by atoms with Crippen molar-refractivity contribution in [1.29, 1.82) is 0 Å². The first-order valence-corrected chi connectivity index (χ1v) is 5.93. The lowest BCUT2D eigenvalue weighted by Crippen LogP contribution is -2.36. The standard InChI is InChI=1S/C12H14N4O3/c1-2-6-15(8-11(17)18)12(19)9-7-14-16-10(9)4-3-5-13-16/h3-5,7H,2,6,8H2,1H3,(H,17,18). The van der Waals surface area contributed by atoms with Gasteiger partial charge in [-0.25, -0.2) is 0 Å². The number of rotatable bonds is 5. The van der Waals surface area contributed by atoms with Gasteiger partial charge in [0, 0.05) is 12.7 Å². The van der Waals surface area contributed by atoms with Crippen molar-refractivity contribution in [3.05, 3.63) is 30.1 Å². The molecule has 7 nitrogen and oxygen atoms in total. The van der Waals surface area contributed by atoms with Crippen molar-refractivity contribution in [3.8, 4) is 0 Å². The Morgan fingerprint density at radius 1 is 1.42 bits per heavy atom. The van der Waals surface area contributed by atoms with Crippen LogP contribution in [-0.2, 0) is 4.79 Å². The number of fused-ring (bicyclic) bond motifs is 1. The van der Waals surface area contributed by atoms with E-state index in [4.69, 9.17) is 5.11 Å². The zero-order valence-electron chi connectivity index (χ0n) is 10.5. The number of carbonyl (C=O) groups excluding carboxylic acids is 1. The van der Waals surface area contributed by atoms with Crippen LogP contribution in [-0.4, -0.2) is 49.8 Å². The average Bonchev–Trinajstić information content (AvgIpc) is 2.80. The van der Waals surface area contributed by atoms with Crippen LogP contribution in [0.3, 0.4) is 0 Å². The molecule has 7 heteroatoms. The van der Waals surface area contributed by atoms with Gasteiger partial charge in [0.15, 0.2) is 0 Å². The lowest BCUT2D eigenvalue weighted by molar-refractivity contribution is -0.137. The highest BCUT2D eigenvalue weighted by Gasteiger charge is 2.21. The van der Waals surface area contributed by atoms with Crippen LogP contribution in [0.5, 0.6) is 0 Å². The Morgan fingerprint density at radius 2 is 2.21 bits per heavy atom. The molecule has 0 spiro atoms. The Hall–Kier alpha value is -2.44. The van der Waals surface area contributed by atoms with E-state index in [1.54, 1.807) is 18.3 Å². The number of carboxylic acids is 1. The number of carbonyl (C=O) groups is 2. The van der Waals surface area contributed by atoms with Crippen molar-refractivity contribution in [2.75, 3.05) is 13.1 Å². The minimum absolute atomic E-state index is 0.315. The van der Waals surface area contributed by atoms with Crippen LogP contribution in [0.1, 0.15) is 23.7 Å². The normalized spacial score (nSPS) is 10.6. The van der Waals surface area contributed by atoms with Gasteiger partial charge in [-0.2, -0.15) is 14.8 Å². The van der Waals surface area contributed by atoms with Gasteiger partial charge in [0.05, 0.1) is 11.8 Å². The van der Waals surface area contributed by atoms with Crippen LogP contribution in [0.2, 0.25) is 0 Å². The number of nitrogens with zero attached hydrogens (tertiary/aromatic N) is 4. The summed E-state index contributed by atoms with van der Waals surface area (Å²) in [5, 5.41) is 16.8. The predicted molar refractivity (Wildman–Crippen MR) is 66.8 cm³/mol. The van der Waals surface area contributed by atoms with Crippen molar-refractivity contribution in [1.82, 2.24) is 19.7 Å². The lowest BCUT2D eigenvalue weighted by Gasteiger charge is -2.19. The molecule has 0 saturated heterocycles. The largest absolute Gasteiger partial charge is 0.480 e. The minimum atomic E-state index is -1.03. The molecule has 0 aliphatic carbocycles. The highest BCUT2D eigenvalue weighted by molar-refractivity contribution is 6.01. The molecule has 1 amide bonds. The average molecular weight is 262 g/mol. The van der Waals surface area contributed by atoms with Gasteiger partial charge in [-0.05, 0) is 18.6 Å². The third kappa shape index (κ3) is 2.70. The van der Waals surface area contributed by atoms with Crippen LogP contribution in [0.4, 0.5) is 0 Å². The summed E-state index contributed by atoms with van der Waals surface area (Å²) in [4.78, 5) is 24.4. The molecule has 2 aromatic heterocycles. The third-order valence-corrected chi connectivity index (χ3v) is 2.64. The van der Waals surface area contributed by atoms with Crippen LogP contribution in [0.25, 0.3) is 5.52 Å². The summed E-state index contributed by atoms with van der Waals surface area (Å²) in [5.74, 6) is -1.37. The third-order valence-electron chi connectivity index (χ3n) is 2.64. The molecule has 19 heavy (non-hydrogen) atoms. The monoisotopic (exact) mass is 262 g/mol. The molecule has 0 atom stereocenters. The quantitative estimate of drug-likeness (QED) is 0.855. The number of hydrogen-bond donors (Lipinski definition) is 1. The lowest BCUT2D eigenvalue weighted by atomic mass is 10.2. The van der Waals surface area contributed by atoms with E-state index in [-0.39, 0.29) is 12.5 Å². The molecule has 100 valence electrons. The highest BCUT2D eigenvalue weighted by atomic mass is 16.4. The van der Waals surface area contributed by atoms with Gasteiger partial charge in [-0.3, -0.25) is 9.59 Å². The fourth-order valence-corrected chi connectivity index (χ4v) is 1.85. The summed E-state index contributed by atoms with van der Waals surface area (Å²) >= 11 is 0. The van der Waals surface area contributed by atoms with Crippen LogP contribution in [0, 0.1) is 0 Å². The number of aromatic nitrogens is 3. The summed E-state index contributed by atoms with van der Waals surface area (Å²) in [6.07, 6.45) is 3.67. The molecule has 0 bridgehead atoms. The molecule has 0 aliphatic rings. The topological polar surface area (TPSA) is 87.8 Å². The summed E-state index contributed by atoms with van der Waals surface area (Å²) in [5.41, 5.74) is 0.932. The van der Waals surface area contributed by atoms with Crippen molar-refractivity contribution in [2.45, 2.75) is 13.3 Å². The molecular formula is C12H14N4O3. The van der Waals surface area contributed by atoms with Gasteiger partial charge in [0.25, 0.3) is 5.91 Å². The second kappa shape index (κ2) is 5.47. The second-order valence-corrected chi connectivity index (χ2v) is 4.08. The molecule has 0 radical (unpaired) electrons. The van der Waals surface area contributed by atoms with E-state index in [0.717, 1.165) is 0 Å². The fraction of sp³-hybridized carbons (Fsp3) is 0.333. The number of carboxylic acid groups (broad SMARTS) is 1. The maximum absolute atomic E-state index is 12.3. The van der Waals surface area contributed by atoms with Crippen LogP contribution >= 0.6 is 0 Å². The van der Waals surface area contributed by atoms with Crippen molar-refractivity contribution in [3.63, 3.8) is 0 Å². The van der Waals surface area contributed by atoms with E-state index in [1.807, 2.05) is 6.92 Å². The van der Waals surface area contributed by atoms with Crippen molar-refractivity contribution < 1.29 is 14.7 Å². The Balaban J connectivity index is 2.33.